The lowest BCUT2D eigenvalue weighted by atomic mass is 9.83. The Hall–Kier alpha value is -0.940. The van der Waals surface area contributed by atoms with Crippen LogP contribution in [-0.2, 0) is 13.1 Å². The van der Waals surface area contributed by atoms with Gasteiger partial charge in [0.05, 0.1) is 12.2 Å². The van der Waals surface area contributed by atoms with Gasteiger partial charge in [0.15, 0.2) is 0 Å². The fraction of sp³-hybridized carbons (Fsp3) is 0.846. The summed E-state index contributed by atoms with van der Waals surface area (Å²) < 4.78 is 1.81. The molecule has 1 heterocycles. The summed E-state index contributed by atoms with van der Waals surface area (Å²) in [7, 11) is 0. The molecule has 2 rings (SSSR count). The van der Waals surface area contributed by atoms with E-state index in [1.165, 1.54) is 32.1 Å². The number of hydrogen-bond donors (Lipinski definition) is 2. The largest absolute Gasteiger partial charge is 0.329 e. The molecular formula is C13H25N5. The van der Waals surface area contributed by atoms with Crippen molar-refractivity contribution in [3.63, 3.8) is 0 Å². The summed E-state index contributed by atoms with van der Waals surface area (Å²) in [4.78, 5) is 0. The van der Waals surface area contributed by atoms with Crippen LogP contribution in [-0.4, -0.2) is 28.1 Å². The number of nitrogens with two attached hydrogens (primary N) is 1. The van der Waals surface area contributed by atoms with Crippen molar-refractivity contribution in [1.29, 1.82) is 0 Å². The molecule has 5 nitrogen and oxygen atoms in total. The summed E-state index contributed by atoms with van der Waals surface area (Å²) in [6, 6.07) is 0. The van der Waals surface area contributed by atoms with Gasteiger partial charge in [0.2, 0.25) is 0 Å². The van der Waals surface area contributed by atoms with Gasteiger partial charge in [-0.3, -0.25) is 4.68 Å². The molecule has 0 spiro atoms. The number of nitrogens with one attached hydrogen (secondary N) is 1. The molecule has 0 aliphatic heterocycles. The predicted octanol–water partition coefficient (Wildman–Crippen LogP) is 1.30. The summed E-state index contributed by atoms with van der Waals surface area (Å²) >= 11 is 0. The Bertz CT molecular complexity index is 354. The van der Waals surface area contributed by atoms with Crippen molar-refractivity contribution in [2.75, 3.05) is 13.1 Å². The van der Waals surface area contributed by atoms with Gasteiger partial charge < -0.3 is 11.1 Å². The van der Waals surface area contributed by atoms with E-state index in [2.05, 4.69) is 22.6 Å². The van der Waals surface area contributed by atoms with Crippen molar-refractivity contribution < 1.29 is 0 Å². The van der Waals surface area contributed by atoms with Crippen molar-refractivity contribution in [2.24, 2.45) is 11.1 Å². The minimum absolute atomic E-state index is 0.535. The second-order valence-corrected chi connectivity index (χ2v) is 5.43. The number of aromatic nitrogens is 3. The van der Waals surface area contributed by atoms with Crippen molar-refractivity contribution >= 4 is 0 Å². The van der Waals surface area contributed by atoms with Crippen LogP contribution in [0.2, 0.25) is 0 Å². The van der Waals surface area contributed by atoms with E-state index >= 15 is 0 Å². The molecule has 0 bridgehead atoms. The van der Waals surface area contributed by atoms with E-state index in [9.17, 15) is 0 Å². The zero-order valence-corrected chi connectivity index (χ0v) is 11.4. The Kier molecular flexibility index (Phi) is 4.72. The summed E-state index contributed by atoms with van der Waals surface area (Å²) in [5, 5.41) is 11.7. The first-order valence-electron chi connectivity index (χ1n) is 7.08. The van der Waals surface area contributed by atoms with E-state index in [0.717, 1.165) is 25.3 Å². The Balaban J connectivity index is 1.76. The van der Waals surface area contributed by atoms with Crippen LogP contribution in [0, 0.1) is 5.41 Å². The molecule has 1 saturated carbocycles. The summed E-state index contributed by atoms with van der Waals surface area (Å²) in [5.41, 5.74) is 7.03. The SMILES string of the molecule is CCC1(CNCc2cn(CCN)nn2)CCCC1. The van der Waals surface area contributed by atoms with Gasteiger partial charge in [-0.1, -0.05) is 25.0 Å². The Morgan fingerprint density at radius 3 is 2.89 bits per heavy atom. The highest BCUT2D eigenvalue weighted by Gasteiger charge is 2.31. The van der Waals surface area contributed by atoms with E-state index in [1.807, 2.05) is 10.9 Å². The lowest BCUT2D eigenvalue weighted by Gasteiger charge is -2.27. The van der Waals surface area contributed by atoms with Gasteiger partial charge in [-0.05, 0) is 24.7 Å². The number of nitrogens with zero attached hydrogens (tertiary/aromatic N) is 3. The van der Waals surface area contributed by atoms with Crippen LogP contribution < -0.4 is 11.1 Å². The van der Waals surface area contributed by atoms with Gasteiger partial charge in [-0.15, -0.1) is 5.10 Å². The van der Waals surface area contributed by atoms with Crippen LogP contribution in [0.3, 0.4) is 0 Å². The molecule has 0 unspecified atom stereocenters. The molecule has 18 heavy (non-hydrogen) atoms. The predicted molar refractivity (Wildman–Crippen MR) is 72.0 cm³/mol. The van der Waals surface area contributed by atoms with E-state index in [1.54, 1.807) is 0 Å². The molecule has 3 N–H and O–H groups in total. The quantitative estimate of drug-likeness (QED) is 0.766. The van der Waals surface area contributed by atoms with Gasteiger partial charge in [0, 0.05) is 25.8 Å². The molecule has 0 radical (unpaired) electrons. The lowest BCUT2D eigenvalue weighted by Crippen LogP contribution is -2.31. The number of rotatable bonds is 7. The van der Waals surface area contributed by atoms with Crippen LogP contribution in [0.1, 0.15) is 44.7 Å². The summed E-state index contributed by atoms with van der Waals surface area (Å²) in [5.74, 6) is 0. The van der Waals surface area contributed by atoms with Gasteiger partial charge in [-0.25, -0.2) is 0 Å². The van der Waals surface area contributed by atoms with Crippen LogP contribution in [0.5, 0.6) is 0 Å². The fourth-order valence-electron chi connectivity index (χ4n) is 2.90. The smallest absolute Gasteiger partial charge is 0.0964 e. The third kappa shape index (κ3) is 3.29. The van der Waals surface area contributed by atoms with E-state index in [4.69, 9.17) is 5.73 Å². The summed E-state index contributed by atoms with van der Waals surface area (Å²) in [6.45, 7) is 5.57. The zero-order chi connectivity index (χ0) is 12.8. The molecule has 102 valence electrons. The second-order valence-electron chi connectivity index (χ2n) is 5.43. The minimum atomic E-state index is 0.535. The van der Waals surface area contributed by atoms with E-state index in [-0.39, 0.29) is 0 Å². The molecule has 5 heteroatoms. The molecule has 1 aliphatic carbocycles. The Morgan fingerprint density at radius 1 is 1.44 bits per heavy atom. The molecule has 1 aromatic rings. The van der Waals surface area contributed by atoms with Gasteiger partial charge in [0.1, 0.15) is 0 Å². The van der Waals surface area contributed by atoms with Gasteiger partial charge in [-0.2, -0.15) is 0 Å². The molecule has 1 aromatic heterocycles. The van der Waals surface area contributed by atoms with Gasteiger partial charge >= 0.3 is 0 Å². The maximum atomic E-state index is 5.48. The normalized spacial score (nSPS) is 18.3. The molecule has 0 aromatic carbocycles. The topological polar surface area (TPSA) is 68.8 Å². The van der Waals surface area contributed by atoms with Crippen molar-refractivity contribution in [2.45, 2.75) is 52.1 Å². The van der Waals surface area contributed by atoms with Crippen LogP contribution >= 0.6 is 0 Å². The average Bonchev–Trinajstić information content (AvgIpc) is 3.00. The molecule has 1 fully saturated rings. The Morgan fingerprint density at radius 2 is 2.22 bits per heavy atom. The molecule has 0 saturated heterocycles. The van der Waals surface area contributed by atoms with Crippen LogP contribution in [0.4, 0.5) is 0 Å². The third-order valence-corrected chi connectivity index (χ3v) is 4.16. The first-order valence-corrected chi connectivity index (χ1v) is 7.08. The van der Waals surface area contributed by atoms with Crippen LogP contribution in [0.25, 0.3) is 0 Å². The maximum Gasteiger partial charge on any atom is 0.0964 e. The van der Waals surface area contributed by atoms with Crippen molar-refractivity contribution in [3.05, 3.63) is 11.9 Å². The van der Waals surface area contributed by atoms with E-state index < -0.39 is 0 Å². The highest BCUT2D eigenvalue weighted by molar-refractivity contribution is 4.93. The maximum absolute atomic E-state index is 5.48. The first-order chi connectivity index (χ1) is 8.78. The first kappa shape index (κ1) is 13.5. The third-order valence-electron chi connectivity index (χ3n) is 4.16. The standard InChI is InChI=1S/C13H25N5/c1-2-13(5-3-4-6-13)11-15-9-12-10-18(8-7-14)17-16-12/h10,15H,2-9,11,14H2,1H3. The average molecular weight is 251 g/mol. The monoisotopic (exact) mass is 251 g/mol. The molecule has 1 aliphatic rings. The zero-order valence-electron chi connectivity index (χ0n) is 11.4. The minimum Gasteiger partial charge on any atom is -0.329 e. The fourth-order valence-corrected chi connectivity index (χ4v) is 2.90. The number of hydrogen-bond acceptors (Lipinski definition) is 4. The van der Waals surface area contributed by atoms with Crippen LogP contribution in [0.15, 0.2) is 6.20 Å². The highest BCUT2D eigenvalue weighted by Crippen LogP contribution is 2.40. The van der Waals surface area contributed by atoms with E-state index in [0.29, 0.717) is 12.0 Å². The van der Waals surface area contributed by atoms with Gasteiger partial charge in [0.25, 0.3) is 0 Å². The second kappa shape index (κ2) is 6.29. The lowest BCUT2D eigenvalue weighted by molar-refractivity contribution is 0.268. The van der Waals surface area contributed by atoms with Crippen molar-refractivity contribution in [3.8, 4) is 0 Å². The van der Waals surface area contributed by atoms with Crippen molar-refractivity contribution in [1.82, 2.24) is 20.3 Å². The highest BCUT2D eigenvalue weighted by atomic mass is 15.4. The summed E-state index contributed by atoms with van der Waals surface area (Å²) in [6.07, 6.45) is 8.78. The Labute approximate surface area is 109 Å². The molecule has 0 amide bonds. The molecular weight excluding hydrogens is 226 g/mol. The molecule has 0 atom stereocenters.